The van der Waals surface area contributed by atoms with Gasteiger partial charge in [-0.15, -0.1) is 0 Å². The fourth-order valence-corrected chi connectivity index (χ4v) is 3.22. The number of pyridine rings is 1. The SMILES string of the molecule is Cn1nccc1NC(=O)c1cc(C2CC2)nc2onc(-c3ccc(F)cc3)c12. The predicted octanol–water partition coefficient (Wildman–Crippen LogP) is 3.89. The van der Waals surface area contributed by atoms with Gasteiger partial charge in [-0.05, 0) is 43.2 Å². The van der Waals surface area contributed by atoms with Crippen molar-refractivity contribution in [3.8, 4) is 11.3 Å². The molecule has 1 aliphatic rings. The summed E-state index contributed by atoms with van der Waals surface area (Å²) in [7, 11) is 1.75. The lowest BCUT2D eigenvalue weighted by molar-refractivity contribution is 0.102. The first-order chi connectivity index (χ1) is 13.6. The Balaban J connectivity index is 1.66. The molecule has 0 atom stereocenters. The van der Waals surface area contributed by atoms with E-state index in [2.05, 4.69) is 20.6 Å². The van der Waals surface area contributed by atoms with Crippen LogP contribution < -0.4 is 5.32 Å². The molecule has 0 bridgehead atoms. The van der Waals surface area contributed by atoms with Crippen LogP contribution >= 0.6 is 0 Å². The molecule has 1 amide bonds. The average Bonchev–Trinajstić information content (AvgIpc) is 3.35. The Morgan fingerprint density at radius 1 is 1.25 bits per heavy atom. The number of amides is 1. The van der Waals surface area contributed by atoms with E-state index in [0.29, 0.717) is 39.7 Å². The Morgan fingerprint density at radius 3 is 2.71 bits per heavy atom. The lowest BCUT2D eigenvalue weighted by atomic mass is 10.0. The molecule has 28 heavy (non-hydrogen) atoms. The molecular weight excluding hydrogens is 361 g/mol. The summed E-state index contributed by atoms with van der Waals surface area (Å²) in [4.78, 5) is 17.7. The largest absolute Gasteiger partial charge is 0.335 e. The second kappa shape index (κ2) is 6.26. The van der Waals surface area contributed by atoms with E-state index >= 15 is 0 Å². The van der Waals surface area contributed by atoms with Gasteiger partial charge in [0.25, 0.3) is 11.6 Å². The highest BCUT2D eigenvalue weighted by molar-refractivity contribution is 6.14. The number of fused-ring (bicyclic) bond motifs is 1. The highest BCUT2D eigenvalue weighted by Crippen LogP contribution is 2.41. The minimum absolute atomic E-state index is 0.301. The van der Waals surface area contributed by atoms with Gasteiger partial charge in [-0.25, -0.2) is 9.37 Å². The van der Waals surface area contributed by atoms with Crippen LogP contribution in [0.15, 0.2) is 47.1 Å². The number of aromatic nitrogens is 4. The van der Waals surface area contributed by atoms with E-state index in [1.807, 2.05) is 0 Å². The van der Waals surface area contributed by atoms with Crippen molar-refractivity contribution >= 4 is 22.8 Å². The zero-order valence-corrected chi connectivity index (χ0v) is 15.0. The van der Waals surface area contributed by atoms with Gasteiger partial charge in [0.15, 0.2) is 0 Å². The molecule has 3 heterocycles. The fraction of sp³-hybridized carbons (Fsp3) is 0.200. The van der Waals surface area contributed by atoms with Crippen molar-refractivity contribution in [1.82, 2.24) is 19.9 Å². The minimum Gasteiger partial charge on any atom is -0.335 e. The zero-order valence-electron chi connectivity index (χ0n) is 15.0. The molecule has 3 aromatic heterocycles. The fourth-order valence-electron chi connectivity index (χ4n) is 3.22. The van der Waals surface area contributed by atoms with Crippen molar-refractivity contribution < 1.29 is 13.7 Å². The van der Waals surface area contributed by atoms with Gasteiger partial charge in [0.2, 0.25) is 0 Å². The monoisotopic (exact) mass is 377 g/mol. The lowest BCUT2D eigenvalue weighted by Gasteiger charge is -2.08. The number of benzene rings is 1. The van der Waals surface area contributed by atoms with E-state index in [1.54, 1.807) is 42.2 Å². The van der Waals surface area contributed by atoms with Gasteiger partial charge in [-0.1, -0.05) is 5.16 Å². The summed E-state index contributed by atoms with van der Waals surface area (Å²) in [6.07, 6.45) is 3.69. The molecular formula is C20H16FN5O2. The lowest BCUT2D eigenvalue weighted by Crippen LogP contribution is -2.15. The normalized spacial score (nSPS) is 13.8. The standard InChI is InChI=1S/C20H16FN5O2/c1-26-16(8-9-22-26)24-19(27)14-10-15(11-2-3-11)23-20-17(14)18(25-28-20)12-4-6-13(21)7-5-12/h4-11H,2-3H2,1H3,(H,24,27). The molecule has 1 fully saturated rings. The van der Waals surface area contributed by atoms with Crippen LogP contribution in [0.3, 0.4) is 0 Å². The smallest absolute Gasteiger partial charge is 0.259 e. The van der Waals surface area contributed by atoms with Gasteiger partial charge in [0, 0.05) is 30.3 Å². The third-order valence-electron chi connectivity index (χ3n) is 4.89. The summed E-state index contributed by atoms with van der Waals surface area (Å²) in [6.45, 7) is 0. The van der Waals surface area contributed by atoms with E-state index in [9.17, 15) is 9.18 Å². The number of hydrogen-bond acceptors (Lipinski definition) is 5. The summed E-state index contributed by atoms with van der Waals surface area (Å²) in [5.74, 6) is 0.263. The van der Waals surface area contributed by atoms with Gasteiger partial charge in [-0.3, -0.25) is 9.48 Å². The number of carbonyl (C=O) groups is 1. The minimum atomic E-state index is -0.347. The molecule has 1 aromatic carbocycles. The number of nitrogens with zero attached hydrogens (tertiary/aromatic N) is 4. The van der Waals surface area contributed by atoms with Crippen LogP contribution in [0, 0.1) is 5.82 Å². The third-order valence-corrected chi connectivity index (χ3v) is 4.89. The highest BCUT2D eigenvalue weighted by atomic mass is 19.1. The predicted molar refractivity (Wildman–Crippen MR) is 100 cm³/mol. The molecule has 4 aromatic rings. The molecule has 140 valence electrons. The molecule has 0 spiro atoms. The Morgan fingerprint density at radius 2 is 2.04 bits per heavy atom. The molecule has 7 nitrogen and oxygen atoms in total. The summed E-state index contributed by atoms with van der Waals surface area (Å²) in [5.41, 5.74) is 2.66. The van der Waals surface area contributed by atoms with Crippen molar-refractivity contribution in [2.45, 2.75) is 18.8 Å². The van der Waals surface area contributed by atoms with E-state index < -0.39 is 0 Å². The second-order valence-corrected chi connectivity index (χ2v) is 6.88. The maximum atomic E-state index is 13.3. The molecule has 1 aliphatic carbocycles. The third kappa shape index (κ3) is 2.83. The van der Waals surface area contributed by atoms with E-state index in [1.165, 1.54) is 12.1 Å². The summed E-state index contributed by atoms with van der Waals surface area (Å²) < 4.78 is 20.3. The highest BCUT2D eigenvalue weighted by Gasteiger charge is 2.29. The van der Waals surface area contributed by atoms with Crippen LogP contribution in [0.1, 0.15) is 34.8 Å². The van der Waals surface area contributed by atoms with Crippen LogP contribution in [0.5, 0.6) is 0 Å². The average molecular weight is 377 g/mol. The zero-order chi connectivity index (χ0) is 19.3. The Hall–Kier alpha value is -3.55. The first-order valence-electron chi connectivity index (χ1n) is 8.96. The summed E-state index contributed by atoms with van der Waals surface area (Å²) in [5, 5.41) is 11.6. The molecule has 0 radical (unpaired) electrons. The number of anilines is 1. The topological polar surface area (TPSA) is 85.8 Å². The van der Waals surface area contributed by atoms with Crippen LogP contribution in [0.4, 0.5) is 10.2 Å². The van der Waals surface area contributed by atoms with Crippen molar-refractivity contribution in [2.75, 3.05) is 5.32 Å². The number of carbonyl (C=O) groups excluding carboxylic acids is 1. The van der Waals surface area contributed by atoms with Crippen molar-refractivity contribution in [2.24, 2.45) is 7.05 Å². The molecule has 0 unspecified atom stereocenters. The summed E-state index contributed by atoms with van der Waals surface area (Å²) >= 11 is 0. The second-order valence-electron chi connectivity index (χ2n) is 6.88. The van der Waals surface area contributed by atoms with Crippen molar-refractivity contribution in [1.29, 1.82) is 0 Å². The first-order valence-corrected chi connectivity index (χ1v) is 8.96. The molecule has 1 N–H and O–H groups in total. The molecule has 8 heteroatoms. The quantitative estimate of drug-likeness (QED) is 0.583. The Kier molecular flexibility index (Phi) is 3.71. The van der Waals surface area contributed by atoms with Gasteiger partial charge in [0.1, 0.15) is 17.3 Å². The Bertz CT molecular complexity index is 1190. The van der Waals surface area contributed by atoms with Gasteiger partial charge < -0.3 is 9.84 Å². The van der Waals surface area contributed by atoms with Gasteiger partial charge in [0.05, 0.1) is 17.1 Å². The van der Waals surface area contributed by atoms with Crippen molar-refractivity contribution in [3.63, 3.8) is 0 Å². The van der Waals surface area contributed by atoms with Gasteiger partial charge >= 0.3 is 0 Å². The van der Waals surface area contributed by atoms with Crippen molar-refractivity contribution in [3.05, 3.63) is 59.7 Å². The van der Waals surface area contributed by atoms with Crippen LogP contribution in [-0.2, 0) is 7.05 Å². The number of aryl methyl sites for hydroxylation is 1. The van der Waals surface area contributed by atoms with E-state index in [0.717, 1.165) is 18.5 Å². The maximum Gasteiger partial charge on any atom is 0.259 e. The van der Waals surface area contributed by atoms with E-state index in [-0.39, 0.29) is 11.7 Å². The Labute approximate surface area is 159 Å². The number of halogens is 1. The molecule has 1 saturated carbocycles. The first kappa shape index (κ1) is 16.6. The number of nitrogens with one attached hydrogen (secondary N) is 1. The summed E-state index contributed by atoms with van der Waals surface area (Å²) in [6, 6.07) is 9.41. The van der Waals surface area contributed by atoms with Crippen LogP contribution in [0.2, 0.25) is 0 Å². The maximum absolute atomic E-state index is 13.3. The molecule has 5 rings (SSSR count). The molecule has 0 aliphatic heterocycles. The van der Waals surface area contributed by atoms with E-state index in [4.69, 9.17) is 4.52 Å². The number of rotatable bonds is 4. The molecule has 0 saturated heterocycles. The van der Waals surface area contributed by atoms with Gasteiger partial charge in [-0.2, -0.15) is 5.10 Å². The van der Waals surface area contributed by atoms with Crippen LogP contribution in [-0.4, -0.2) is 25.8 Å². The van der Waals surface area contributed by atoms with Crippen LogP contribution in [0.25, 0.3) is 22.4 Å². The number of hydrogen-bond donors (Lipinski definition) is 1.